The largest absolute Gasteiger partial charge is 0.457 e. The van der Waals surface area contributed by atoms with Crippen LogP contribution in [0.1, 0.15) is 16.2 Å². The number of hydrogen-bond donors (Lipinski definition) is 1. The Morgan fingerprint density at radius 2 is 1.97 bits per heavy atom. The molecule has 0 aliphatic carbocycles. The summed E-state index contributed by atoms with van der Waals surface area (Å²) in [5.41, 5.74) is 1.37. The standard InChI is InChI=1S/C24H14Cl2FN3O2S/c25-17-3-7-21(26)15(9-17)11-20-13-29-24(33-20)30-23(31)16(12-28)10-19-6-8-22(32-19)14-1-4-18(27)5-2-14/h1-10,13H,11H2,(H,29,30,31)/b16-10+. The van der Waals surface area contributed by atoms with E-state index in [9.17, 15) is 14.4 Å². The molecule has 9 heteroatoms. The van der Waals surface area contributed by atoms with Gasteiger partial charge in [-0.1, -0.05) is 23.2 Å². The van der Waals surface area contributed by atoms with Crippen molar-refractivity contribution in [1.82, 2.24) is 4.98 Å². The summed E-state index contributed by atoms with van der Waals surface area (Å²) in [5, 5.41) is 13.6. The highest BCUT2D eigenvalue weighted by molar-refractivity contribution is 7.15. The van der Waals surface area contributed by atoms with Crippen LogP contribution in [0.5, 0.6) is 0 Å². The summed E-state index contributed by atoms with van der Waals surface area (Å²) in [6, 6.07) is 16.2. The van der Waals surface area contributed by atoms with Gasteiger partial charge in [0.1, 0.15) is 29.0 Å². The second-order valence-electron chi connectivity index (χ2n) is 6.88. The zero-order valence-electron chi connectivity index (χ0n) is 16.8. The van der Waals surface area contributed by atoms with Crippen molar-refractivity contribution >= 4 is 51.7 Å². The number of furan rings is 1. The van der Waals surface area contributed by atoms with Gasteiger partial charge in [-0.3, -0.25) is 10.1 Å². The first-order valence-electron chi connectivity index (χ1n) is 9.59. The Kier molecular flexibility index (Phi) is 6.90. The highest BCUT2D eigenvalue weighted by Gasteiger charge is 2.14. The number of halogens is 3. The van der Waals surface area contributed by atoms with Crippen LogP contribution in [0.4, 0.5) is 9.52 Å². The van der Waals surface area contributed by atoms with E-state index in [1.807, 2.05) is 6.07 Å². The van der Waals surface area contributed by atoms with Crippen LogP contribution < -0.4 is 5.32 Å². The number of hydrogen-bond acceptors (Lipinski definition) is 5. The number of rotatable bonds is 6. The Balaban J connectivity index is 1.45. The monoisotopic (exact) mass is 497 g/mol. The van der Waals surface area contributed by atoms with Gasteiger partial charge >= 0.3 is 0 Å². The summed E-state index contributed by atoms with van der Waals surface area (Å²) < 4.78 is 18.8. The van der Waals surface area contributed by atoms with Crippen LogP contribution in [0.25, 0.3) is 17.4 Å². The van der Waals surface area contributed by atoms with Crippen LogP contribution in [0.3, 0.4) is 0 Å². The molecule has 0 atom stereocenters. The van der Waals surface area contributed by atoms with Gasteiger partial charge in [-0.15, -0.1) is 11.3 Å². The Morgan fingerprint density at radius 3 is 2.73 bits per heavy atom. The van der Waals surface area contributed by atoms with Crippen molar-refractivity contribution < 1.29 is 13.6 Å². The van der Waals surface area contributed by atoms with Gasteiger partial charge in [0.2, 0.25) is 0 Å². The maximum absolute atomic E-state index is 13.1. The van der Waals surface area contributed by atoms with Crippen LogP contribution in [0.15, 0.2) is 70.8 Å². The number of carbonyl (C=O) groups excluding carboxylic acids is 1. The van der Waals surface area contributed by atoms with E-state index >= 15 is 0 Å². The second kappa shape index (κ2) is 10.0. The summed E-state index contributed by atoms with van der Waals surface area (Å²) >= 11 is 13.5. The van der Waals surface area contributed by atoms with E-state index in [0.29, 0.717) is 38.7 Å². The molecule has 4 rings (SSSR count). The summed E-state index contributed by atoms with van der Waals surface area (Å²) in [6.45, 7) is 0. The van der Waals surface area contributed by atoms with Gasteiger partial charge in [-0.05, 0) is 60.2 Å². The lowest BCUT2D eigenvalue weighted by atomic mass is 10.1. The maximum atomic E-state index is 13.1. The second-order valence-corrected chi connectivity index (χ2v) is 8.84. The van der Waals surface area contributed by atoms with Crippen molar-refractivity contribution in [3.05, 3.63) is 98.4 Å². The smallest absolute Gasteiger partial charge is 0.268 e. The van der Waals surface area contributed by atoms with E-state index in [4.69, 9.17) is 27.6 Å². The lowest BCUT2D eigenvalue weighted by molar-refractivity contribution is -0.112. The zero-order valence-corrected chi connectivity index (χ0v) is 19.1. The fourth-order valence-electron chi connectivity index (χ4n) is 2.97. The molecule has 1 N–H and O–H groups in total. The minimum atomic E-state index is -0.612. The molecule has 0 saturated carbocycles. The van der Waals surface area contributed by atoms with Crippen molar-refractivity contribution in [2.45, 2.75) is 6.42 Å². The minimum absolute atomic E-state index is 0.148. The summed E-state index contributed by atoms with van der Waals surface area (Å²) in [4.78, 5) is 17.6. The Morgan fingerprint density at radius 1 is 1.18 bits per heavy atom. The van der Waals surface area contributed by atoms with E-state index in [0.717, 1.165) is 10.4 Å². The molecule has 33 heavy (non-hydrogen) atoms. The predicted octanol–water partition coefficient (Wildman–Crippen LogP) is 6.99. The van der Waals surface area contributed by atoms with Gasteiger partial charge in [-0.2, -0.15) is 5.26 Å². The highest BCUT2D eigenvalue weighted by Crippen LogP contribution is 2.28. The highest BCUT2D eigenvalue weighted by atomic mass is 35.5. The SMILES string of the molecule is N#C/C(=C\c1ccc(-c2ccc(F)cc2)o1)C(=O)Nc1ncc(Cc2cc(Cl)ccc2Cl)s1. The third kappa shape index (κ3) is 5.68. The summed E-state index contributed by atoms with van der Waals surface area (Å²) in [5.74, 6) is -0.159. The molecule has 164 valence electrons. The van der Waals surface area contributed by atoms with Crippen molar-refractivity contribution in [3.63, 3.8) is 0 Å². The number of carbonyl (C=O) groups is 1. The first-order valence-corrected chi connectivity index (χ1v) is 11.2. The van der Waals surface area contributed by atoms with E-state index in [2.05, 4.69) is 10.3 Å². The molecule has 2 heterocycles. The van der Waals surface area contributed by atoms with Gasteiger partial charge < -0.3 is 4.42 Å². The zero-order chi connectivity index (χ0) is 23.4. The molecule has 0 saturated heterocycles. The molecule has 2 aromatic carbocycles. The van der Waals surface area contributed by atoms with E-state index in [-0.39, 0.29) is 11.4 Å². The molecule has 2 aromatic heterocycles. The van der Waals surface area contributed by atoms with Crippen molar-refractivity contribution in [2.75, 3.05) is 5.32 Å². The van der Waals surface area contributed by atoms with Gasteiger partial charge in [0, 0.05) is 39.2 Å². The molecule has 0 radical (unpaired) electrons. The average Bonchev–Trinajstić information content (AvgIpc) is 3.44. The molecule has 0 spiro atoms. The van der Waals surface area contributed by atoms with Gasteiger partial charge in [0.25, 0.3) is 5.91 Å². The number of aromatic nitrogens is 1. The fourth-order valence-corrected chi connectivity index (χ4v) is 4.18. The number of nitriles is 1. The van der Waals surface area contributed by atoms with Crippen LogP contribution in [0, 0.1) is 17.1 Å². The number of anilines is 1. The van der Waals surface area contributed by atoms with Gasteiger partial charge in [0.05, 0.1) is 0 Å². The number of nitrogens with zero attached hydrogens (tertiary/aromatic N) is 2. The summed E-state index contributed by atoms with van der Waals surface area (Å²) in [7, 11) is 0. The van der Waals surface area contributed by atoms with Crippen molar-refractivity contribution in [2.24, 2.45) is 0 Å². The molecule has 0 aliphatic heterocycles. The maximum Gasteiger partial charge on any atom is 0.268 e. The molecule has 0 bridgehead atoms. The molecule has 0 fully saturated rings. The molecule has 0 aliphatic rings. The quantitative estimate of drug-likeness (QED) is 0.230. The topological polar surface area (TPSA) is 78.9 Å². The molecule has 0 unspecified atom stereocenters. The Bertz CT molecular complexity index is 1390. The number of amides is 1. The van der Waals surface area contributed by atoms with Crippen molar-refractivity contribution in [1.29, 1.82) is 5.26 Å². The van der Waals surface area contributed by atoms with Crippen LogP contribution >= 0.6 is 34.5 Å². The molecule has 1 amide bonds. The average molecular weight is 498 g/mol. The fraction of sp³-hybridized carbons (Fsp3) is 0.0417. The number of benzene rings is 2. The van der Waals surface area contributed by atoms with Crippen LogP contribution in [0.2, 0.25) is 10.0 Å². The summed E-state index contributed by atoms with van der Waals surface area (Å²) in [6.07, 6.45) is 3.48. The van der Waals surface area contributed by atoms with Crippen LogP contribution in [-0.4, -0.2) is 10.9 Å². The molecule has 4 aromatic rings. The van der Waals surface area contributed by atoms with E-state index in [1.54, 1.807) is 48.7 Å². The van der Waals surface area contributed by atoms with Gasteiger partial charge in [-0.25, -0.2) is 9.37 Å². The van der Waals surface area contributed by atoms with E-state index in [1.165, 1.54) is 29.5 Å². The minimum Gasteiger partial charge on any atom is -0.457 e. The molecule has 5 nitrogen and oxygen atoms in total. The number of nitrogens with one attached hydrogen (secondary N) is 1. The molecular weight excluding hydrogens is 484 g/mol. The Labute approximate surface area is 202 Å². The third-order valence-corrected chi connectivity index (χ3v) is 6.07. The van der Waals surface area contributed by atoms with Crippen LogP contribution in [-0.2, 0) is 11.2 Å². The number of thiazole rings is 1. The molecular formula is C24H14Cl2FN3O2S. The predicted molar refractivity (Wildman–Crippen MR) is 128 cm³/mol. The lowest BCUT2D eigenvalue weighted by Gasteiger charge is -2.02. The van der Waals surface area contributed by atoms with Crippen molar-refractivity contribution in [3.8, 4) is 17.4 Å². The van der Waals surface area contributed by atoms with E-state index < -0.39 is 5.91 Å². The Hall–Kier alpha value is -3.44. The first-order chi connectivity index (χ1) is 15.9. The third-order valence-electron chi connectivity index (χ3n) is 4.55. The first kappa shape index (κ1) is 22.7. The lowest BCUT2D eigenvalue weighted by Crippen LogP contribution is -2.13. The van der Waals surface area contributed by atoms with Gasteiger partial charge in [0.15, 0.2) is 5.13 Å². The normalized spacial score (nSPS) is 11.3.